The monoisotopic (exact) mass is 359 g/mol. The number of aryl methyl sites for hydroxylation is 1. The SMILES string of the molecule is Cc1cc(NC(=O)NCc2cccc(OC3CC3)c2F)c(N(C)C)nn1. The third-order valence-electron chi connectivity index (χ3n) is 3.87. The van der Waals surface area contributed by atoms with Crippen molar-refractivity contribution in [3.8, 4) is 5.75 Å². The highest BCUT2D eigenvalue weighted by Crippen LogP contribution is 2.29. The van der Waals surface area contributed by atoms with Gasteiger partial charge in [0.15, 0.2) is 17.4 Å². The van der Waals surface area contributed by atoms with Gasteiger partial charge in [-0.25, -0.2) is 9.18 Å². The number of nitrogens with one attached hydrogen (secondary N) is 2. The van der Waals surface area contributed by atoms with E-state index < -0.39 is 11.8 Å². The fourth-order valence-electron chi connectivity index (χ4n) is 2.40. The molecule has 2 aromatic rings. The van der Waals surface area contributed by atoms with E-state index in [1.54, 1.807) is 36.1 Å². The van der Waals surface area contributed by atoms with Crippen molar-refractivity contribution in [3.63, 3.8) is 0 Å². The van der Waals surface area contributed by atoms with E-state index in [9.17, 15) is 9.18 Å². The zero-order valence-corrected chi connectivity index (χ0v) is 15.0. The number of halogens is 1. The van der Waals surface area contributed by atoms with Crippen LogP contribution in [0.5, 0.6) is 5.75 Å². The molecule has 1 fully saturated rings. The molecule has 1 heterocycles. The number of benzene rings is 1. The summed E-state index contributed by atoms with van der Waals surface area (Å²) in [6.07, 6.45) is 2.03. The van der Waals surface area contributed by atoms with Crippen LogP contribution in [0, 0.1) is 12.7 Å². The lowest BCUT2D eigenvalue weighted by molar-refractivity contribution is 0.251. The first-order chi connectivity index (χ1) is 12.4. The molecule has 1 aromatic heterocycles. The largest absolute Gasteiger partial charge is 0.487 e. The minimum atomic E-state index is -0.451. The van der Waals surface area contributed by atoms with Gasteiger partial charge in [0.25, 0.3) is 0 Å². The van der Waals surface area contributed by atoms with Crippen molar-refractivity contribution in [1.82, 2.24) is 15.5 Å². The quantitative estimate of drug-likeness (QED) is 0.829. The van der Waals surface area contributed by atoms with Crippen LogP contribution in [0.15, 0.2) is 24.3 Å². The van der Waals surface area contributed by atoms with E-state index in [-0.39, 0.29) is 18.4 Å². The number of hydrogen-bond acceptors (Lipinski definition) is 5. The summed E-state index contributed by atoms with van der Waals surface area (Å²) < 4.78 is 20.0. The molecule has 1 aliphatic carbocycles. The minimum Gasteiger partial charge on any atom is -0.487 e. The number of amides is 2. The molecule has 8 heteroatoms. The molecular formula is C18H22FN5O2. The Labute approximate surface area is 151 Å². The van der Waals surface area contributed by atoms with Crippen LogP contribution >= 0.6 is 0 Å². The highest BCUT2D eigenvalue weighted by atomic mass is 19.1. The third kappa shape index (κ3) is 4.38. The van der Waals surface area contributed by atoms with Gasteiger partial charge >= 0.3 is 6.03 Å². The Hall–Kier alpha value is -2.90. The van der Waals surface area contributed by atoms with Crippen molar-refractivity contribution >= 4 is 17.5 Å². The number of carbonyl (C=O) groups is 1. The first kappa shape index (κ1) is 17.9. The topological polar surface area (TPSA) is 79.4 Å². The Morgan fingerprint density at radius 2 is 2.12 bits per heavy atom. The third-order valence-corrected chi connectivity index (χ3v) is 3.87. The fourth-order valence-corrected chi connectivity index (χ4v) is 2.40. The molecule has 0 saturated heterocycles. The first-order valence-electron chi connectivity index (χ1n) is 8.44. The van der Waals surface area contributed by atoms with Crippen molar-refractivity contribution in [1.29, 1.82) is 0 Å². The molecule has 7 nitrogen and oxygen atoms in total. The molecule has 138 valence electrons. The second kappa shape index (κ2) is 7.55. The van der Waals surface area contributed by atoms with Crippen molar-refractivity contribution in [2.24, 2.45) is 0 Å². The van der Waals surface area contributed by atoms with Crippen molar-refractivity contribution in [2.45, 2.75) is 32.4 Å². The van der Waals surface area contributed by atoms with Crippen molar-refractivity contribution < 1.29 is 13.9 Å². The summed E-state index contributed by atoms with van der Waals surface area (Å²) in [7, 11) is 3.62. The molecule has 3 rings (SSSR count). The van der Waals surface area contributed by atoms with Gasteiger partial charge in [0, 0.05) is 26.2 Å². The van der Waals surface area contributed by atoms with Gasteiger partial charge in [0.05, 0.1) is 17.5 Å². The molecule has 0 radical (unpaired) electrons. The van der Waals surface area contributed by atoms with Crippen LogP contribution in [0.3, 0.4) is 0 Å². The van der Waals surface area contributed by atoms with E-state index in [0.717, 1.165) is 12.8 Å². The summed E-state index contributed by atoms with van der Waals surface area (Å²) in [5.74, 6) is 0.336. The van der Waals surface area contributed by atoms with Crippen LogP contribution < -0.4 is 20.3 Å². The molecule has 2 amide bonds. The minimum absolute atomic E-state index is 0.0499. The Morgan fingerprint density at radius 1 is 1.35 bits per heavy atom. The number of carbonyl (C=O) groups excluding carboxylic acids is 1. The maximum absolute atomic E-state index is 14.4. The Balaban J connectivity index is 1.64. The second-order valence-corrected chi connectivity index (χ2v) is 6.47. The van der Waals surface area contributed by atoms with Crippen molar-refractivity contribution in [3.05, 3.63) is 41.3 Å². The van der Waals surface area contributed by atoms with Crippen LogP contribution in [0.4, 0.5) is 20.7 Å². The van der Waals surface area contributed by atoms with E-state index in [4.69, 9.17) is 4.74 Å². The van der Waals surface area contributed by atoms with E-state index in [2.05, 4.69) is 20.8 Å². The number of nitrogens with zero attached hydrogens (tertiary/aromatic N) is 3. The summed E-state index contributed by atoms with van der Waals surface area (Å²) in [5.41, 5.74) is 1.59. The van der Waals surface area contributed by atoms with Gasteiger partial charge < -0.3 is 20.3 Å². The number of urea groups is 1. The predicted octanol–water partition coefficient (Wildman–Crippen LogP) is 2.85. The zero-order chi connectivity index (χ0) is 18.7. The molecule has 1 aromatic carbocycles. The summed E-state index contributed by atoms with van der Waals surface area (Å²) in [6.45, 7) is 1.84. The number of anilines is 2. The van der Waals surface area contributed by atoms with Gasteiger partial charge in [-0.05, 0) is 31.9 Å². The standard InChI is InChI=1S/C18H22FN5O2/c1-11-9-14(17(23-22-11)24(2)3)21-18(25)20-10-12-5-4-6-15(16(12)19)26-13-7-8-13/h4-6,9,13H,7-8,10H2,1-3H3,(H2,20,21,22,25). The highest BCUT2D eigenvalue weighted by Gasteiger charge is 2.25. The molecule has 0 aliphatic heterocycles. The lowest BCUT2D eigenvalue weighted by Gasteiger charge is -2.16. The average molecular weight is 359 g/mol. The molecule has 26 heavy (non-hydrogen) atoms. The molecule has 0 spiro atoms. The molecule has 0 unspecified atom stereocenters. The van der Waals surface area contributed by atoms with Gasteiger partial charge in [-0.2, -0.15) is 5.10 Å². The van der Waals surface area contributed by atoms with Crippen molar-refractivity contribution in [2.75, 3.05) is 24.3 Å². The van der Waals surface area contributed by atoms with Crippen LogP contribution in [0.1, 0.15) is 24.1 Å². The Morgan fingerprint density at radius 3 is 2.81 bits per heavy atom. The smallest absolute Gasteiger partial charge is 0.319 e. The first-order valence-corrected chi connectivity index (χ1v) is 8.44. The molecule has 2 N–H and O–H groups in total. The molecule has 1 aliphatic rings. The number of rotatable bonds is 6. The lowest BCUT2D eigenvalue weighted by Crippen LogP contribution is -2.29. The summed E-state index contributed by atoms with van der Waals surface area (Å²) in [4.78, 5) is 14.0. The predicted molar refractivity (Wildman–Crippen MR) is 97.0 cm³/mol. The van der Waals surface area contributed by atoms with E-state index in [1.165, 1.54) is 0 Å². The number of ether oxygens (including phenoxy) is 1. The Bertz CT molecular complexity index is 808. The maximum Gasteiger partial charge on any atom is 0.319 e. The highest BCUT2D eigenvalue weighted by molar-refractivity contribution is 5.92. The number of hydrogen-bond donors (Lipinski definition) is 2. The summed E-state index contributed by atoms with van der Waals surface area (Å²) in [5, 5.41) is 13.4. The van der Waals surface area contributed by atoms with Crippen LogP contribution in [-0.2, 0) is 6.54 Å². The molecule has 0 bridgehead atoms. The lowest BCUT2D eigenvalue weighted by atomic mass is 10.2. The normalized spacial score (nSPS) is 13.2. The van der Waals surface area contributed by atoms with Crippen LogP contribution in [0.25, 0.3) is 0 Å². The van der Waals surface area contributed by atoms with Gasteiger partial charge in [-0.15, -0.1) is 5.10 Å². The Kier molecular flexibility index (Phi) is 5.20. The molecular weight excluding hydrogens is 337 g/mol. The molecule has 0 atom stereocenters. The van der Waals surface area contributed by atoms with E-state index >= 15 is 0 Å². The average Bonchev–Trinajstić information content (AvgIpc) is 3.39. The molecule has 1 saturated carbocycles. The second-order valence-electron chi connectivity index (χ2n) is 6.47. The maximum atomic E-state index is 14.4. The van der Waals surface area contributed by atoms with Gasteiger partial charge in [-0.3, -0.25) is 0 Å². The fraction of sp³-hybridized carbons (Fsp3) is 0.389. The van der Waals surface area contributed by atoms with Gasteiger partial charge in [0.1, 0.15) is 0 Å². The summed E-state index contributed by atoms with van der Waals surface area (Å²) in [6, 6.07) is 6.22. The van der Waals surface area contributed by atoms with Crippen LogP contribution in [0.2, 0.25) is 0 Å². The zero-order valence-electron chi connectivity index (χ0n) is 15.0. The van der Waals surface area contributed by atoms with E-state index in [0.29, 0.717) is 22.8 Å². The number of aromatic nitrogens is 2. The van der Waals surface area contributed by atoms with Crippen LogP contribution in [-0.4, -0.2) is 36.4 Å². The van der Waals surface area contributed by atoms with E-state index in [1.807, 2.05) is 14.1 Å². The van der Waals surface area contributed by atoms with Gasteiger partial charge in [-0.1, -0.05) is 12.1 Å². The summed E-state index contributed by atoms with van der Waals surface area (Å²) >= 11 is 0. The van der Waals surface area contributed by atoms with Gasteiger partial charge in [0.2, 0.25) is 0 Å².